The van der Waals surface area contributed by atoms with Crippen LogP contribution < -0.4 is 10.6 Å². The van der Waals surface area contributed by atoms with Crippen LogP contribution in [0.2, 0.25) is 0 Å². The zero-order chi connectivity index (χ0) is 8.27. The van der Waals surface area contributed by atoms with Crippen LogP contribution in [0.4, 0.5) is 0 Å². The smallest absolute Gasteiger partial charge is 0.290 e. The molecule has 1 aliphatic rings. The molecule has 0 aliphatic carbocycles. The highest BCUT2D eigenvalue weighted by Gasteiger charge is 2.22. The van der Waals surface area contributed by atoms with Crippen LogP contribution in [0.3, 0.4) is 0 Å². The van der Waals surface area contributed by atoms with Crippen molar-refractivity contribution in [1.82, 2.24) is 0 Å². The molecular formula is C7H16N3O+. The second kappa shape index (κ2) is 3.69. The fraction of sp³-hybridized carbons (Fsp3) is 0.857. The summed E-state index contributed by atoms with van der Waals surface area (Å²) >= 11 is 0. The van der Waals surface area contributed by atoms with E-state index in [0.29, 0.717) is 5.92 Å². The molecule has 0 aromatic heterocycles. The minimum Gasteiger partial charge on any atom is -0.396 e. The largest absolute Gasteiger partial charge is 0.396 e. The third-order valence-corrected chi connectivity index (χ3v) is 2.35. The number of nitrogens with one attached hydrogen (secondary N) is 2. The minimum absolute atomic E-state index is 0.237. The van der Waals surface area contributed by atoms with E-state index in [4.69, 9.17) is 16.2 Å². The number of hydrogen-bond donors (Lipinski definition) is 4. The Morgan fingerprint density at radius 1 is 1.55 bits per heavy atom. The van der Waals surface area contributed by atoms with Crippen LogP contribution in [-0.4, -0.2) is 30.8 Å². The number of nitrogens with two attached hydrogens (primary N) is 1. The van der Waals surface area contributed by atoms with Gasteiger partial charge in [0.2, 0.25) is 0 Å². The maximum atomic E-state index is 8.82. The van der Waals surface area contributed by atoms with Gasteiger partial charge in [-0.25, -0.2) is 5.41 Å². The van der Waals surface area contributed by atoms with E-state index < -0.39 is 0 Å². The first kappa shape index (κ1) is 8.49. The van der Waals surface area contributed by atoms with Crippen LogP contribution in [0, 0.1) is 11.3 Å². The van der Waals surface area contributed by atoms with Crippen molar-refractivity contribution in [2.24, 2.45) is 11.7 Å². The first-order valence-electron chi connectivity index (χ1n) is 4.04. The Hall–Kier alpha value is -0.610. The predicted octanol–water partition coefficient (Wildman–Crippen LogP) is -1.83. The van der Waals surface area contributed by atoms with E-state index in [-0.39, 0.29) is 12.6 Å². The molecule has 0 radical (unpaired) electrons. The van der Waals surface area contributed by atoms with E-state index in [0.717, 1.165) is 30.8 Å². The molecule has 1 fully saturated rings. The molecule has 1 saturated heterocycles. The molecule has 0 spiro atoms. The fourth-order valence-electron chi connectivity index (χ4n) is 1.48. The van der Waals surface area contributed by atoms with Crippen LogP contribution in [-0.2, 0) is 0 Å². The summed E-state index contributed by atoms with van der Waals surface area (Å²) in [7, 11) is 0. The number of likely N-dealkylation sites (tertiary alicyclic amines) is 1. The lowest BCUT2D eigenvalue weighted by atomic mass is 9.98. The predicted molar refractivity (Wildman–Crippen MR) is 42.4 cm³/mol. The zero-order valence-electron chi connectivity index (χ0n) is 6.64. The maximum Gasteiger partial charge on any atom is 0.290 e. The standard InChI is InChI=1S/C7H15N3O/c8-7(9)10-3-1-6(5-11)2-4-10/h6,11H,1-5H2,(H3,8,9)/p+1. The van der Waals surface area contributed by atoms with Crippen molar-refractivity contribution < 1.29 is 10.0 Å². The molecule has 11 heavy (non-hydrogen) atoms. The summed E-state index contributed by atoms with van der Waals surface area (Å²) in [6, 6.07) is 0. The highest BCUT2D eigenvalue weighted by atomic mass is 16.3. The van der Waals surface area contributed by atoms with E-state index in [9.17, 15) is 0 Å². The van der Waals surface area contributed by atoms with Gasteiger partial charge in [-0.3, -0.25) is 4.90 Å². The van der Waals surface area contributed by atoms with Gasteiger partial charge in [0, 0.05) is 19.4 Å². The summed E-state index contributed by atoms with van der Waals surface area (Å²) in [6.45, 7) is 2.09. The van der Waals surface area contributed by atoms with Crippen molar-refractivity contribution in [3.8, 4) is 0 Å². The van der Waals surface area contributed by atoms with Crippen LogP contribution in [0.25, 0.3) is 0 Å². The highest BCUT2D eigenvalue weighted by Crippen LogP contribution is 2.06. The number of piperidine rings is 1. The molecule has 1 heterocycles. The van der Waals surface area contributed by atoms with E-state index in [1.165, 1.54) is 0 Å². The van der Waals surface area contributed by atoms with Crippen molar-refractivity contribution in [2.75, 3.05) is 19.7 Å². The average molecular weight is 158 g/mol. The molecule has 4 nitrogen and oxygen atoms in total. The molecule has 0 saturated carbocycles. The zero-order valence-corrected chi connectivity index (χ0v) is 6.64. The van der Waals surface area contributed by atoms with Crippen molar-refractivity contribution in [3.05, 3.63) is 0 Å². The minimum atomic E-state index is 0.237. The fourth-order valence-corrected chi connectivity index (χ4v) is 1.48. The second-order valence-corrected chi connectivity index (χ2v) is 3.14. The first-order chi connectivity index (χ1) is 5.24. The first-order valence-corrected chi connectivity index (χ1v) is 4.04. The van der Waals surface area contributed by atoms with Gasteiger partial charge >= 0.3 is 0 Å². The molecule has 5 N–H and O–H groups in total. The summed E-state index contributed by atoms with van der Waals surface area (Å²) in [5, 5.41) is 16.0. The number of rotatable bonds is 1. The Bertz CT molecular complexity index is 141. The van der Waals surface area contributed by atoms with Crippen LogP contribution in [0.1, 0.15) is 12.8 Å². The lowest BCUT2D eigenvalue weighted by Gasteiger charge is -2.26. The Morgan fingerprint density at radius 2 is 2.09 bits per heavy atom. The summed E-state index contributed by atoms with van der Waals surface area (Å²) < 4.78 is 0. The van der Waals surface area contributed by atoms with Gasteiger partial charge in [0.15, 0.2) is 0 Å². The number of aliphatic hydroxyl groups excluding tert-OH is 1. The van der Waals surface area contributed by atoms with Gasteiger partial charge in [0.05, 0.1) is 13.1 Å². The molecule has 4 heteroatoms. The lowest BCUT2D eigenvalue weighted by molar-refractivity contribution is -0.815. The normalized spacial score (nSPS) is 31.7. The lowest BCUT2D eigenvalue weighted by Crippen LogP contribution is -3.17. The Labute approximate surface area is 66.5 Å². The highest BCUT2D eigenvalue weighted by molar-refractivity contribution is 5.64. The van der Waals surface area contributed by atoms with Crippen molar-refractivity contribution in [1.29, 1.82) is 5.41 Å². The molecule has 0 aromatic rings. The van der Waals surface area contributed by atoms with Gasteiger partial charge < -0.3 is 10.8 Å². The molecule has 0 aromatic carbocycles. The number of aliphatic hydroxyl groups is 1. The summed E-state index contributed by atoms with van der Waals surface area (Å²) in [5.74, 6) is 0.680. The van der Waals surface area contributed by atoms with Gasteiger partial charge in [-0.05, 0) is 5.92 Å². The van der Waals surface area contributed by atoms with E-state index in [1.807, 2.05) is 0 Å². The van der Waals surface area contributed by atoms with E-state index in [2.05, 4.69) is 0 Å². The van der Waals surface area contributed by atoms with E-state index in [1.54, 1.807) is 0 Å². The van der Waals surface area contributed by atoms with Crippen molar-refractivity contribution in [3.63, 3.8) is 0 Å². The molecule has 0 unspecified atom stereocenters. The van der Waals surface area contributed by atoms with Crippen LogP contribution in [0.15, 0.2) is 0 Å². The van der Waals surface area contributed by atoms with Gasteiger partial charge in [-0.15, -0.1) is 0 Å². The van der Waals surface area contributed by atoms with Gasteiger partial charge in [-0.2, -0.15) is 0 Å². The summed E-state index contributed by atoms with van der Waals surface area (Å²) in [4.78, 5) is 1.06. The topological polar surface area (TPSA) is 74.5 Å². The Morgan fingerprint density at radius 3 is 2.45 bits per heavy atom. The molecular weight excluding hydrogens is 142 g/mol. The summed E-state index contributed by atoms with van der Waals surface area (Å²) in [6.07, 6.45) is 1.98. The molecule has 1 aliphatic heterocycles. The van der Waals surface area contributed by atoms with Crippen LogP contribution >= 0.6 is 0 Å². The van der Waals surface area contributed by atoms with Gasteiger partial charge in [-0.1, -0.05) is 0 Å². The maximum absolute atomic E-state index is 8.82. The summed E-state index contributed by atoms with van der Waals surface area (Å²) in [5.41, 5.74) is 5.34. The van der Waals surface area contributed by atoms with Crippen molar-refractivity contribution >= 4 is 5.96 Å². The molecule has 0 amide bonds. The number of quaternary nitrogens is 1. The molecule has 1 rings (SSSR count). The second-order valence-electron chi connectivity index (χ2n) is 3.14. The SMILES string of the molecule is N=C(N)[NH+]1CCC(CO)CC1. The molecule has 0 atom stereocenters. The monoisotopic (exact) mass is 158 g/mol. The van der Waals surface area contributed by atoms with Gasteiger partial charge in [0.1, 0.15) is 0 Å². The Balaban J connectivity index is 2.30. The third kappa shape index (κ3) is 2.17. The quantitative estimate of drug-likeness (QED) is 0.267. The van der Waals surface area contributed by atoms with Gasteiger partial charge in [0.25, 0.3) is 5.96 Å². The third-order valence-electron chi connectivity index (χ3n) is 2.35. The number of guanidine groups is 1. The molecule has 64 valence electrons. The van der Waals surface area contributed by atoms with Crippen molar-refractivity contribution in [2.45, 2.75) is 12.8 Å². The average Bonchev–Trinajstić information content (AvgIpc) is 2.05. The van der Waals surface area contributed by atoms with Crippen LogP contribution in [0.5, 0.6) is 0 Å². The Kier molecular flexibility index (Phi) is 2.84. The number of hydrogen-bond acceptors (Lipinski definition) is 2. The molecule has 0 bridgehead atoms. The van der Waals surface area contributed by atoms with E-state index >= 15 is 0 Å².